The molecular weight excluding hydrogens is 804 g/mol. The fourth-order valence-electron chi connectivity index (χ4n) is 7.33. The molecule has 0 rings (SSSR count). The summed E-state index contributed by atoms with van der Waals surface area (Å²) < 4.78 is 42.5. The highest BCUT2D eigenvalue weighted by atomic mass is 31.2. The predicted octanol–water partition coefficient (Wildman–Crippen LogP) is 14.8. The summed E-state index contributed by atoms with van der Waals surface area (Å²) in [5.74, 6) is -0.458. The highest BCUT2D eigenvalue weighted by Gasteiger charge is 2.33. The van der Waals surface area contributed by atoms with Gasteiger partial charge in [0.25, 0.3) is 0 Å². The Balaban J connectivity index is 5.78. The van der Waals surface area contributed by atoms with Crippen molar-refractivity contribution in [1.29, 1.82) is 0 Å². The Morgan fingerprint density at radius 3 is 1.48 bits per heavy atom. The zero-order chi connectivity index (χ0) is 46.0. The first kappa shape index (κ1) is 60.1. The van der Waals surface area contributed by atoms with Crippen LogP contribution in [0.15, 0.2) is 12.7 Å². The summed E-state index contributed by atoms with van der Waals surface area (Å²) in [6, 6.07) is -0.777. The second-order valence-electron chi connectivity index (χ2n) is 18.3. The number of carbonyl (C=O) groups is 3. The molecule has 12 heteroatoms. The van der Waals surface area contributed by atoms with Gasteiger partial charge in [-0.05, 0) is 46.5 Å². The average molecular weight is 901 g/mol. The fourth-order valence-corrected chi connectivity index (χ4v) is 8.50. The summed E-state index contributed by atoms with van der Waals surface area (Å²) in [5, 5.41) is 5.69. The number of alkyl carbamates (subject to hydrolysis) is 1. The molecule has 0 heterocycles. The molecule has 62 heavy (non-hydrogen) atoms. The summed E-state index contributed by atoms with van der Waals surface area (Å²) in [5.41, 5.74) is -0.676. The molecule has 0 spiro atoms. The lowest BCUT2D eigenvalue weighted by Crippen LogP contribution is -2.48. The van der Waals surface area contributed by atoms with Crippen LogP contribution in [0.1, 0.15) is 247 Å². The van der Waals surface area contributed by atoms with Crippen molar-refractivity contribution < 1.29 is 42.0 Å². The van der Waals surface area contributed by atoms with E-state index in [9.17, 15) is 18.9 Å². The van der Waals surface area contributed by atoms with Crippen molar-refractivity contribution in [2.24, 2.45) is 0 Å². The van der Waals surface area contributed by atoms with Gasteiger partial charge in [0.05, 0.1) is 25.9 Å². The normalized spacial score (nSPS) is 13.6. The Labute approximate surface area is 381 Å². The Bertz CT molecular complexity index is 1130. The maximum atomic E-state index is 13.9. The SMILES string of the molecule is C=CCOP(=O)(OCCNC(=O)OC(C)(C)C)OC[C@H](NC(=O)CCCCCCCCCCCCC)[C@H](CCCCCCCCCCC)OC(=O)CCCCCCCCCCC. The van der Waals surface area contributed by atoms with E-state index in [2.05, 4.69) is 38.0 Å². The second-order valence-corrected chi connectivity index (χ2v) is 19.9. The van der Waals surface area contributed by atoms with Crippen LogP contribution >= 0.6 is 7.82 Å². The van der Waals surface area contributed by atoms with Gasteiger partial charge in [-0.15, -0.1) is 6.58 Å². The van der Waals surface area contributed by atoms with Crippen LogP contribution in [-0.4, -0.2) is 62.1 Å². The molecule has 0 aliphatic heterocycles. The van der Waals surface area contributed by atoms with Gasteiger partial charge in [0.15, 0.2) is 0 Å². The van der Waals surface area contributed by atoms with Crippen molar-refractivity contribution >= 4 is 25.8 Å². The number of nitrogens with one attached hydrogen (secondary N) is 2. The molecular formula is C50H97N2O9P. The first-order valence-electron chi connectivity index (χ1n) is 25.5. The third kappa shape index (κ3) is 39.6. The van der Waals surface area contributed by atoms with Gasteiger partial charge in [-0.2, -0.15) is 0 Å². The summed E-state index contributed by atoms with van der Waals surface area (Å²) in [6.07, 6.45) is 34.9. The van der Waals surface area contributed by atoms with Crippen molar-refractivity contribution in [2.45, 2.75) is 265 Å². The Morgan fingerprint density at radius 1 is 0.597 bits per heavy atom. The number of hydrogen-bond acceptors (Lipinski definition) is 9. The fraction of sp³-hybridized carbons (Fsp3) is 0.900. The van der Waals surface area contributed by atoms with Gasteiger partial charge in [0.2, 0.25) is 5.91 Å². The Hall–Kier alpha value is -1.94. The molecule has 0 aliphatic rings. The first-order chi connectivity index (χ1) is 29.9. The molecule has 0 fully saturated rings. The van der Waals surface area contributed by atoms with E-state index >= 15 is 0 Å². The van der Waals surface area contributed by atoms with Gasteiger partial charge >= 0.3 is 19.9 Å². The van der Waals surface area contributed by atoms with E-state index in [1.165, 1.54) is 134 Å². The van der Waals surface area contributed by atoms with Crippen molar-refractivity contribution in [3.63, 3.8) is 0 Å². The summed E-state index contributed by atoms with van der Waals surface area (Å²) in [4.78, 5) is 39.1. The maximum absolute atomic E-state index is 13.9. The van der Waals surface area contributed by atoms with E-state index in [1.54, 1.807) is 20.8 Å². The molecule has 11 nitrogen and oxygen atoms in total. The molecule has 0 aromatic rings. The average Bonchev–Trinajstić information content (AvgIpc) is 3.23. The molecule has 0 saturated carbocycles. The van der Waals surface area contributed by atoms with Crippen LogP contribution < -0.4 is 10.6 Å². The van der Waals surface area contributed by atoms with Crippen LogP contribution in [0.5, 0.6) is 0 Å². The van der Waals surface area contributed by atoms with E-state index in [-0.39, 0.29) is 38.2 Å². The minimum absolute atomic E-state index is 0.00344. The van der Waals surface area contributed by atoms with E-state index in [1.807, 2.05) is 0 Å². The number of unbranched alkanes of at least 4 members (excludes halogenated alkanes) is 26. The predicted molar refractivity (Wildman–Crippen MR) is 256 cm³/mol. The van der Waals surface area contributed by atoms with Crippen LogP contribution in [0.3, 0.4) is 0 Å². The number of esters is 1. The minimum atomic E-state index is -4.20. The van der Waals surface area contributed by atoms with E-state index in [0.29, 0.717) is 19.3 Å². The minimum Gasteiger partial charge on any atom is -0.460 e. The lowest BCUT2D eigenvalue weighted by Gasteiger charge is -2.29. The van der Waals surface area contributed by atoms with Gasteiger partial charge in [0, 0.05) is 19.4 Å². The van der Waals surface area contributed by atoms with Crippen molar-refractivity contribution in [1.82, 2.24) is 10.6 Å². The number of phosphoric acid groups is 1. The Kier molecular flexibility index (Phi) is 40.4. The lowest BCUT2D eigenvalue weighted by atomic mass is 10.0. The summed E-state index contributed by atoms with van der Waals surface area (Å²) >= 11 is 0. The number of rotatable bonds is 45. The maximum Gasteiger partial charge on any atom is 0.475 e. The highest BCUT2D eigenvalue weighted by Crippen LogP contribution is 2.49. The number of hydrogen-bond donors (Lipinski definition) is 2. The molecule has 3 atom stereocenters. The van der Waals surface area contributed by atoms with Gasteiger partial charge in [-0.3, -0.25) is 23.2 Å². The number of carbonyl (C=O) groups excluding carboxylic acids is 3. The molecule has 1 unspecified atom stereocenters. The van der Waals surface area contributed by atoms with Gasteiger partial charge in [0.1, 0.15) is 11.7 Å². The number of phosphoric ester groups is 1. The zero-order valence-corrected chi connectivity index (χ0v) is 41.9. The lowest BCUT2D eigenvalue weighted by molar-refractivity contribution is -0.152. The smallest absolute Gasteiger partial charge is 0.460 e. The number of ether oxygens (including phenoxy) is 2. The molecule has 0 aromatic carbocycles. The van der Waals surface area contributed by atoms with Crippen LogP contribution in [0.25, 0.3) is 0 Å². The third-order valence-corrected chi connectivity index (χ3v) is 12.4. The van der Waals surface area contributed by atoms with Crippen LogP contribution in [0.4, 0.5) is 4.79 Å². The van der Waals surface area contributed by atoms with Gasteiger partial charge in [-0.25, -0.2) is 9.36 Å². The molecule has 0 bridgehead atoms. The second kappa shape index (κ2) is 41.7. The van der Waals surface area contributed by atoms with Crippen molar-refractivity contribution in [3.05, 3.63) is 12.7 Å². The van der Waals surface area contributed by atoms with E-state index in [4.69, 9.17) is 23.0 Å². The molecule has 0 aromatic heterocycles. The van der Waals surface area contributed by atoms with Gasteiger partial charge in [-0.1, -0.05) is 194 Å². The highest BCUT2D eigenvalue weighted by molar-refractivity contribution is 7.48. The quantitative estimate of drug-likeness (QED) is 0.0265. The first-order valence-corrected chi connectivity index (χ1v) is 27.0. The molecule has 0 aliphatic carbocycles. The van der Waals surface area contributed by atoms with Gasteiger partial charge < -0.3 is 20.1 Å². The van der Waals surface area contributed by atoms with E-state index in [0.717, 1.165) is 57.8 Å². The molecule has 0 radical (unpaired) electrons. The molecule has 0 saturated heterocycles. The zero-order valence-electron chi connectivity index (χ0n) is 41.0. The standard InChI is InChI=1S/C50H97N2O9P/c1-8-12-15-18-21-24-25-28-30-33-36-39-47(53)52-45(44-59-62(56,57-42-11-4)58-43-41-51-49(55)61-50(5,6)7)46(38-35-32-29-26-22-19-16-13-9-2)60-48(54)40-37-34-31-27-23-20-17-14-10-3/h11,45-46H,4,8-10,12-44H2,1-3,5-7H3,(H,51,55)(H,52,53)/t45-,46-,62?/m0/s1. The monoisotopic (exact) mass is 901 g/mol. The summed E-state index contributed by atoms with van der Waals surface area (Å²) in [7, 11) is -4.20. The summed E-state index contributed by atoms with van der Waals surface area (Å²) in [6.45, 7) is 15.1. The Morgan fingerprint density at radius 2 is 1.03 bits per heavy atom. The van der Waals surface area contributed by atoms with Crippen molar-refractivity contribution in [3.8, 4) is 0 Å². The van der Waals surface area contributed by atoms with Crippen LogP contribution in [0, 0.1) is 0 Å². The van der Waals surface area contributed by atoms with Crippen LogP contribution in [0.2, 0.25) is 0 Å². The number of amides is 2. The third-order valence-electron chi connectivity index (χ3n) is 10.9. The molecule has 2 amide bonds. The largest absolute Gasteiger partial charge is 0.475 e. The van der Waals surface area contributed by atoms with Crippen LogP contribution in [-0.2, 0) is 37.2 Å². The topological polar surface area (TPSA) is 138 Å². The molecule has 2 N–H and O–H groups in total. The van der Waals surface area contributed by atoms with E-state index < -0.39 is 31.7 Å². The van der Waals surface area contributed by atoms with Crippen molar-refractivity contribution in [2.75, 3.05) is 26.4 Å². The molecule has 366 valence electrons.